The first kappa shape index (κ1) is 20.9. The van der Waals surface area contributed by atoms with Gasteiger partial charge in [0.15, 0.2) is 0 Å². The Kier molecular flexibility index (Phi) is 8.06. The molecule has 0 N–H and O–H groups in total. The summed E-state index contributed by atoms with van der Waals surface area (Å²) in [4.78, 5) is 29.0. The molecule has 1 aromatic carbocycles. The molecule has 0 spiro atoms. The summed E-state index contributed by atoms with van der Waals surface area (Å²) in [5.41, 5.74) is 0.624. The number of likely N-dealkylation sites (N-methyl/N-ethyl adjacent to an activating group) is 1. The molecule has 0 aliphatic heterocycles. The zero-order valence-electron chi connectivity index (χ0n) is 15.0. The van der Waals surface area contributed by atoms with E-state index in [1.165, 1.54) is 10.6 Å². The van der Waals surface area contributed by atoms with E-state index in [1.807, 2.05) is 24.3 Å². The summed E-state index contributed by atoms with van der Waals surface area (Å²) in [6, 6.07) is 10.8. The summed E-state index contributed by atoms with van der Waals surface area (Å²) in [6.07, 6.45) is 1.64. The molecule has 0 saturated carbocycles. The molecule has 0 bridgehead atoms. The molecule has 0 radical (unpaired) electrons. The summed E-state index contributed by atoms with van der Waals surface area (Å²) in [5.74, 6) is -0.115. The summed E-state index contributed by atoms with van der Waals surface area (Å²) < 4.78 is 3.10. The lowest BCUT2D eigenvalue weighted by Gasteiger charge is -2.27. The van der Waals surface area contributed by atoms with Crippen molar-refractivity contribution < 1.29 is 4.79 Å². The number of rotatable bonds is 8. The monoisotopic (exact) mass is 483 g/mol. The summed E-state index contributed by atoms with van der Waals surface area (Å²) >= 11 is 6.81. The Morgan fingerprint density at radius 3 is 2.42 bits per heavy atom. The predicted molar refractivity (Wildman–Crippen MR) is 113 cm³/mol. The molecule has 0 unspecified atom stereocenters. The van der Waals surface area contributed by atoms with Gasteiger partial charge in [-0.15, -0.1) is 0 Å². The van der Waals surface area contributed by atoms with Crippen molar-refractivity contribution >= 4 is 43.5 Å². The number of amides is 1. The molecule has 7 heteroatoms. The fourth-order valence-corrected chi connectivity index (χ4v) is 3.45. The van der Waals surface area contributed by atoms with E-state index in [0.717, 1.165) is 34.3 Å². The highest BCUT2D eigenvalue weighted by Crippen LogP contribution is 2.20. The number of hydrogen-bond donors (Lipinski definition) is 0. The Bertz CT molecular complexity index is 803. The summed E-state index contributed by atoms with van der Waals surface area (Å²) in [6.45, 7) is 7.43. The van der Waals surface area contributed by atoms with E-state index in [2.05, 4.69) is 50.6 Å². The van der Waals surface area contributed by atoms with Gasteiger partial charge in [0.2, 0.25) is 5.91 Å². The number of carbonyl (C=O) groups excluding carboxylic acids is 1. The quantitative estimate of drug-likeness (QED) is 0.573. The maximum atomic E-state index is 13.0. The molecule has 2 rings (SSSR count). The zero-order chi connectivity index (χ0) is 19.1. The highest BCUT2D eigenvalue weighted by atomic mass is 79.9. The Morgan fingerprint density at radius 1 is 1.04 bits per heavy atom. The van der Waals surface area contributed by atoms with Crippen molar-refractivity contribution in [2.45, 2.75) is 20.4 Å². The summed E-state index contributed by atoms with van der Waals surface area (Å²) in [7, 11) is 0. The highest BCUT2D eigenvalue weighted by Gasteiger charge is 2.18. The van der Waals surface area contributed by atoms with E-state index in [0.29, 0.717) is 6.54 Å². The Hall–Kier alpha value is -1.44. The van der Waals surface area contributed by atoms with Crippen LogP contribution in [0.5, 0.6) is 0 Å². The third kappa shape index (κ3) is 5.79. The zero-order valence-corrected chi connectivity index (χ0v) is 18.2. The van der Waals surface area contributed by atoms with Crippen molar-refractivity contribution in [1.29, 1.82) is 0 Å². The first-order valence-corrected chi connectivity index (χ1v) is 10.2. The molecule has 0 saturated heterocycles. The predicted octanol–water partition coefficient (Wildman–Crippen LogP) is 3.75. The van der Waals surface area contributed by atoms with Crippen LogP contribution >= 0.6 is 31.9 Å². The fraction of sp³-hybridized carbons (Fsp3) is 0.368. The van der Waals surface area contributed by atoms with Gasteiger partial charge in [0.05, 0.1) is 0 Å². The minimum absolute atomic E-state index is 0.00301. The SMILES string of the molecule is CCN(CC)CCN(C(=O)Cn1cc(Br)ccc1=O)c1cccc(Br)c1. The number of carbonyl (C=O) groups is 1. The number of hydrogen-bond acceptors (Lipinski definition) is 3. The fourth-order valence-electron chi connectivity index (χ4n) is 2.68. The van der Waals surface area contributed by atoms with Crippen molar-refractivity contribution in [1.82, 2.24) is 9.47 Å². The van der Waals surface area contributed by atoms with Crippen LogP contribution < -0.4 is 10.5 Å². The van der Waals surface area contributed by atoms with Crippen LogP contribution in [0, 0.1) is 0 Å². The number of benzene rings is 1. The standard InChI is InChI=1S/C19H23Br2N3O2/c1-3-22(4-2)10-11-24(17-7-5-6-15(20)12-17)19(26)14-23-13-16(21)8-9-18(23)25/h5-9,12-13H,3-4,10-11,14H2,1-2H3. The topological polar surface area (TPSA) is 45.5 Å². The van der Waals surface area contributed by atoms with E-state index in [1.54, 1.807) is 17.2 Å². The lowest BCUT2D eigenvalue weighted by Crippen LogP contribution is -2.41. The summed E-state index contributed by atoms with van der Waals surface area (Å²) in [5, 5.41) is 0. The maximum absolute atomic E-state index is 13.0. The van der Waals surface area contributed by atoms with Crippen LogP contribution in [0.3, 0.4) is 0 Å². The van der Waals surface area contributed by atoms with E-state index in [9.17, 15) is 9.59 Å². The molecule has 0 fully saturated rings. The average Bonchev–Trinajstić information content (AvgIpc) is 2.62. The number of nitrogens with zero attached hydrogens (tertiary/aromatic N) is 3. The van der Waals surface area contributed by atoms with Crippen LogP contribution in [-0.4, -0.2) is 41.6 Å². The van der Waals surface area contributed by atoms with E-state index >= 15 is 0 Å². The number of pyridine rings is 1. The second kappa shape index (κ2) is 10.0. The first-order valence-electron chi connectivity index (χ1n) is 8.58. The number of aromatic nitrogens is 1. The lowest BCUT2D eigenvalue weighted by molar-refractivity contribution is -0.119. The van der Waals surface area contributed by atoms with Crippen molar-refractivity contribution in [2.75, 3.05) is 31.1 Å². The van der Waals surface area contributed by atoms with E-state index < -0.39 is 0 Å². The van der Waals surface area contributed by atoms with Crippen LogP contribution in [0.25, 0.3) is 0 Å². The van der Waals surface area contributed by atoms with Crippen molar-refractivity contribution in [3.63, 3.8) is 0 Å². The normalized spacial score (nSPS) is 11.0. The van der Waals surface area contributed by atoms with Gasteiger partial charge in [0, 0.05) is 40.0 Å². The maximum Gasteiger partial charge on any atom is 0.251 e. The van der Waals surface area contributed by atoms with Gasteiger partial charge >= 0.3 is 0 Å². The van der Waals surface area contributed by atoms with Gasteiger partial charge in [-0.25, -0.2) is 0 Å². The molecule has 0 atom stereocenters. The van der Waals surface area contributed by atoms with Crippen LogP contribution in [0.4, 0.5) is 5.69 Å². The number of anilines is 1. The van der Waals surface area contributed by atoms with Gasteiger partial charge in [-0.3, -0.25) is 9.59 Å². The molecule has 1 aromatic heterocycles. The molecular weight excluding hydrogens is 462 g/mol. The van der Waals surface area contributed by atoms with Crippen molar-refractivity contribution in [2.24, 2.45) is 0 Å². The van der Waals surface area contributed by atoms with Crippen molar-refractivity contribution in [3.8, 4) is 0 Å². The molecule has 5 nitrogen and oxygen atoms in total. The van der Waals surface area contributed by atoms with Crippen LogP contribution in [-0.2, 0) is 11.3 Å². The Balaban J connectivity index is 2.25. The third-order valence-electron chi connectivity index (χ3n) is 4.21. The van der Waals surface area contributed by atoms with Crippen LogP contribution in [0.15, 0.2) is 56.3 Å². The van der Waals surface area contributed by atoms with Gasteiger partial charge in [0.25, 0.3) is 5.56 Å². The van der Waals surface area contributed by atoms with Gasteiger partial charge in [0.1, 0.15) is 6.54 Å². The van der Waals surface area contributed by atoms with Crippen LogP contribution in [0.2, 0.25) is 0 Å². The third-order valence-corrected chi connectivity index (χ3v) is 5.17. The largest absolute Gasteiger partial charge is 0.310 e. The minimum Gasteiger partial charge on any atom is -0.310 e. The Labute approximate surface area is 170 Å². The molecule has 2 aromatic rings. The Morgan fingerprint density at radius 2 is 1.77 bits per heavy atom. The number of halogens is 2. The molecule has 26 heavy (non-hydrogen) atoms. The second-order valence-corrected chi connectivity index (χ2v) is 7.70. The van der Waals surface area contributed by atoms with Gasteiger partial charge in [-0.1, -0.05) is 35.8 Å². The minimum atomic E-state index is -0.195. The molecule has 1 heterocycles. The highest BCUT2D eigenvalue weighted by molar-refractivity contribution is 9.10. The van der Waals surface area contributed by atoms with Crippen LogP contribution in [0.1, 0.15) is 13.8 Å². The van der Waals surface area contributed by atoms with E-state index in [4.69, 9.17) is 0 Å². The van der Waals surface area contributed by atoms with Crippen molar-refractivity contribution in [3.05, 3.63) is 61.9 Å². The molecule has 1 amide bonds. The molecule has 0 aliphatic rings. The molecular formula is C19H23Br2N3O2. The average molecular weight is 485 g/mol. The second-order valence-electron chi connectivity index (χ2n) is 5.87. The smallest absolute Gasteiger partial charge is 0.251 e. The lowest BCUT2D eigenvalue weighted by atomic mass is 10.2. The van der Waals surface area contributed by atoms with Gasteiger partial charge < -0.3 is 14.4 Å². The van der Waals surface area contributed by atoms with Gasteiger partial charge in [-0.2, -0.15) is 0 Å². The first-order chi connectivity index (χ1) is 12.4. The van der Waals surface area contributed by atoms with Gasteiger partial charge in [-0.05, 0) is 53.3 Å². The molecule has 140 valence electrons. The van der Waals surface area contributed by atoms with E-state index in [-0.39, 0.29) is 18.0 Å². The molecule has 0 aliphatic carbocycles.